The second-order valence-corrected chi connectivity index (χ2v) is 6.56. The van der Waals surface area contributed by atoms with Crippen molar-refractivity contribution in [2.45, 2.75) is 25.9 Å². The number of hydrogen-bond donors (Lipinski definition) is 3. The van der Waals surface area contributed by atoms with Crippen molar-refractivity contribution >= 4 is 17.7 Å². The van der Waals surface area contributed by atoms with Gasteiger partial charge in [0.2, 0.25) is 0 Å². The SMILES string of the molecule is CC(C(=O)O)C1Cc2cc(C(=O)NCCCNc3ccccn3)ccc2O1. The molecule has 0 bridgehead atoms. The van der Waals surface area contributed by atoms with E-state index in [0.29, 0.717) is 30.8 Å². The Hall–Kier alpha value is -3.09. The highest BCUT2D eigenvalue weighted by molar-refractivity contribution is 5.94. The Balaban J connectivity index is 1.46. The molecule has 1 aliphatic heterocycles. The molecule has 2 atom stereocenters. The number of ether oxygens (including phenoxy) is 1. The molecule has 7 heteroatoms. The van der Waals surface area contributed by atoms with Crippen LogP contribution in [0.25, 0.3) is 0 Å². The fraction of sp³-hybridized carbons (Fsp3) is 0.350. The Morgan fingerprint density at radius 2 is 2.15 bits per heavy atom. The van der Waals surface area contributed by atoms with Gasteiger partial charge in [-0.25, -0.2) is 4.98 Å². The van der Waals surface area contributed by atoms with Gasteiger partial charge in [0.15, 0.2) is 0 Å². The van der Waals surface area contributed by atoms with Crippen molar-refractivity contribution in [3.8, 4) is 5.75 Å². The van der Waals surface area contributed by atoms with Crippen molar-refractivity contribution in [1.29, 1.82) is 0 Å². The predicted octanol–water partition coefficient (Wildman–Crippen LogP) is 2.34. The first-order valence-corrected chi connectivity index (χ1v) is 9.00. The molecule has 0 saturated carbocycles. The lowest BCUT2D eigenvalue weighted by Gasteiger charge is -2.14. The van der Waals surface area contributed by atoms with Crippen LogP contribution >= 0.6 is 0 Å². The van der Waals surface area contributed by atoms with E-state index < -0.39 is 18.0 Å². The summed E-state index contributed by atoms with van der Waals surface area (Å²) in [5, 5.41) is 15.2. The van der Waals surface area contributed by atoms with Crippen molar-refractivity contribution in [2.75, 3.05) is 18.4 Å². The number of carboxylic acids is 1. The Morgan fingerprint density at radius 3 is 2.89 bits per heavy atom. The van der Waals surface area contributed by atoms with Gasteiger partial charge in [-0.2, -0.15) is 0 Å². The normalized spacial score (nSPS) is 16.1. The largest absolute Gasteiger partial charge is 0.489 e. The maximum atomic E-state index is 12.3. The van der Waals surface area contributed by atoms with Gasteiger partial charge in [-0.15, -0.1) is 0 Å². The standard InChI is InChI=1S/C20H23N3O4/c1-13(20(25)26)17-12-15-11-14(6-7-16(15)27-17)19(24)23-10-4-9-22-18-5-2-3-8-21-18/h2-3,5-8,11,13,17H,4,9-10,12H2,1H3,(H,21,22)(H,23,24)(H,25,26). The number of rotatable bonds is 8. The fourth-order valence-electron chi connectivity index (χ4n) is 2.93. The summed E-state index contributed by atoms with van der Waals surface area (Å²) < 4.78 is 5.69. The predicted molar refractivity (Wildman–Crippen MR) is 101 cm³/mol. The topological polar surface area (TPSA) is 101 Å². The first kappa shape index (κ1) is 18.7. The molecule has 142 valence electrons. The molecule has 1 aliphatic rings. The van der Waals surface area contributed by atoms with Gasteiger partial charge in [-0.3, -0.25) is 9.59 Å². The average Bonchev–Trinajstić information content (AvgIpc) is 3.10. The maximum Gasteiger partial charge on any atom is 0.309 e. The third-order valence-electron chi connectivity index (χ3n) is 4.58. The Bertz CT molecular complexity index is 810. The third-order valence-corrected chi connectivity index (χ3v) is 4.58. The lowest BCUT2D eigenvalue weighted by molar-refractivity contribution is -0.143. The molecule has 1 aromatic carbocycles. The Kier molecular flexibility index (Phi) is 5.90. The van der Waals surface area contributed by atoms with E-state index in [4.69, 9.17) is 9.84 Å². The first-order chi connectivity index (χ1) is 13.0. The van der Waals surface area contributed by atoms with E-state index >= 15 is 0 Å². The van der Waals surface area contributed by atoms with E-state index in [0.717, 1.165) is 17.8 Å². The zero-order valence-corrected chi connectivity index (χ0v) is 15.1. The van der Waals surface area contributed by atoms with Crippen LogP contribution in [0.15, 0.2) is 42.6 Å². The monoisotopic (exact) mass is 369 g/mol. The molecule has 0 radical (unpaired) electrons. The molecule has 0 spiro atoms. The van der Waals surface area contributed by atoms with Crippen molar-refractivity contribution in [1.82, 2.24) is 10.3 Å². The quantitative estimate of drug-likeness (QED) is 0.618. The molecule has 0 fully saturated rings. The lowest BCUT2D eigenvalue weighted by Crippen LogP contribution is -2.29. The molecule has 2 aromatic rings. The molecule has 3 N–H and O–H groups in total. The number of anilines is 1. The first-order valence-electron chi connectivity index (χ1n) is 9.00. The second-order valence-electron chi connectivity index (χ2n) is 6.56. The third kappa shape index (κ3) is 4.75. The summed E-state index contributed by atoms with van der Waals surface area (Å²) in [5.74, 6) is -0.159. The number of amides is 1. The van der Waals surface area contributed by atoms with Crippen molar-refractivity contribution in [3.05, 3.63) is 53.7 Å². The maximum absolute atomic E-state index is 12.3. The average molecular weight is 369 g/mol. The molecule has 1 aromatic heterocycles. The van der Waals surface area contributed by atoms with Crippen LogP contribution in [0.4, 0.5) is 5.82 Å². The van der Waals surface area contributed by atoms with E-state index in [1.54, 1.807) is 31.3 Å². The number of carbonyl (C=O) groups is 2. The number of nitrogens with one attached hydrogen (secondary N) is 2. The minimum Gasteiger partial charge on any atom is -0.489 e. The zero-order valence-electron chi connectivity index (χ0n) is 15.1. The number of carbonyl (C=O) groups excluding carboxylic acids is 1. The van der Waals surface area contributed by atoms with Crippen LogP contribution in [0.3, 0.4) is 0 Å². The van der Waals surface area contributed by atoms with E-state index in [2.05, 4.69) is 15.6 Å². The van der Waals surface area contributed by atoms with Crippen LogP contribution in [0, 0.1) is 5.92 Å². The van der Waals surface area contributed by atoms with Gasteiger partial charge in [-0.05, 0) is 49.2 Å². The van der Waals surface area contributed by atoms with Crippen LogP contribution in [0.1, 0.15) is 29.3 Å². The van der Waals surface area contributed by atoms with Gasteiger partial charge >= 0.3 is 5.97 Å². The number of aromatic nitrogens is 1. The lowest BCUT2D eigenvalue weighted by atomic mass is 9.99. The van der Waals surface area contributed by atoms with Crippen LogP contribution in [-0.4, -0.2) is 41.2 Å². The summed E-state index contributed by atoms with van der Waals surface area (Å²) in [4.78, 5) is 27.6. The van der Waals surface area contributed by atoms with Gasteiger partial charge in [0.05, 0.1) is 5.92 Å². The summed E-state index contributed by atoms with van der Waals surface area (Å²) in [6.45, 7) is 2.89. The molecule has 0 saturated heterocycles. The number of carboxylic acid groups (broad SMARTS) is 1. The van der Waals surface area contributed by atoms with Crippen LogP contribution in [0.5, 0.6) is 5.75 Å². The minimum atomic E-state index is -0.884. The summed E-state index contributed by atoms with van der Waals surface area (Å²) in [6, 6.07) is 10.9. The molecular formula is C20H23N3O4. The highest BCUT2D eigenvalue weighted by atomic mass is 16.5. The van der Waals surface area contributed by atoms with E-state index in [1.807, 2.05) is 18.2 Å². The van der Waals surface area contributed by atoms with Gasteiger partial charge < -0.3 is 20.5 Å². The number of nitrogens with zero attached hydrogens (tertiary/aromatic N) is 1. The fourth-order valence-corrected chi connectivity index (χ4v) is 2.93. The Labute approximate surface area is 157 Å². The van der Waals surface area contributed by atoms with Gasteiger partial charge in [0, 0.05) is 31.3 Å². The molecule has 7 nitrogen and oxygen atoms in total. The molecule has 27 heavy (non-hydrogen) atoms. The Morgan fingerprint density at radius 1 is 1.30 bits per heavy atom. The molecular weight excluding hydrogens is 346 g/mol. The summed E-state index contributed by atoms with van der Waals surface area (Å²) >= 11 is 0. The summed E-state index contributed by atoms with van der Waals surface area (Å²) in [6.07, 6.45) is 2.60. The second kappa shape index (κ2) is 8.53. The molecule has 0 aliphatic carbocycles. The molecule has 2 heterocycles. The van der Waals surface area contributed by atoms with Gasteiger partial charge in [0.1, 0.15) is 17.7 Å². The van der Waals surface area contributed by atoms with E-state index in [-0.39, 0.29) is 5.91 Å². The van der Waals surface area contributed by atoms with Gasteiger partial charge in [-0.1, -0.05) is 6.07 Å². The van der Waals surface area contributed by atoms with Crippen LogP contribution in [0.2, 0.25) is 0 Å². The van der Waals surface area contributed by atoms with Crippen LogP contribution < -0.4 is 15.4 Å². The van der Waals surface area contributed by atoms with E-state index in [1.165, 1.54) is 0 Å². The molecule has 1 amide bonds. The van der Waals surface area contributed by atoms with Gasteiger partial charge in [0.25, 0.3) is 5.91 Å². The minimum absolute atomic E-state index is 0.148. The van der Waals surface area contributed by atoms with Crippen molar-refractivity contribution < 1.29 is 19.4 Å². The number of aliphatic carboxylic acids is 1. The number of pyridine rings is 1. The van der Waals surface area contributed by atoms with E-state index in [9.17, 15) is 9.59 Å². The highest BCUT2D eigenvalue weighted by Gasteiger charge is 2.32. The van der Waals surface area contributed by atoms with Crippen molar-refractivity contribution in [2.24, 2.45) is 5.92 Å². The summed E-state index contributed by atoms with van der Waals surface area (Å²) in [7, 11) is 0. The number of benzene rings is 1. The van der Waals surface area contributed by atoms with Crippen molar-refractivity contribution in [3.63, 3.8) is 0 Å². The molecule has 2 unspecified atom stereocenters. The zero-order chi connectivity index (χ0) is 19.2. The smallest absolute Gasteiger partial charge is 0.309 e. The summed E-state index contributed by atoms with van der Waals surface area (Å²) in [5.41, 5.74) is 1.43. The highest BCUT2D eigenvalue weighted by Crippen LogP contribution is 2.32. The van der Waals surface area contributed by atoms with Crippen LogP contribution in [-0.2, 0) is 11.2 Å². The number of hydrogen-bond acceptors (Lipinski definition) is 5. The molecule has 3 rings (SSSR count). The number of fused-ring (bicyclic) bond motifs is 1.